The predicted octanol–water partition coefficient (Wildman–Crippen LogP) is 5.24. The molecular weight excluding hydrogens is 418 g/mol. The number of nitrogens with zero attached hydrogens (tertiary/aromatic N) is 1. The molecule has 1 fully saturated rings. The third-order valence-electron chi connectivity index (χ3n) is 5.74. The van der Waals surface area contributed by atoms with Crippen LogP contribution < -0.4 is 9.47 Å². The summed E-state index contributed by atoms with van der Waals surface area (Å²) in [7, 11) is 1.56. The summed E-state index contributed by atoms with van der Waals surface area (Å²) in [6, 6.07) is 21.1. The van der Waals surface area contributed by atoms with Gasteiger partial charge in [0, 0.05) is 12.1 Å². The minimum Gasteiger partial charge on any atom is -0.507 e. The van der Waals surface area contributed by atoms with Crippen molar-refractivity contribution in [2.24, 2.45) is 0 Å². The van der Waals surface area contributed by atoms with E-state index in [4.69, 9.17) is 9.47 Å². The third kappa shape index (κ3) is 4.20. The zero-order chi connectivity index (χ0) is 23.5. The van der Waals surface area contributed by atoms with Crippen LogP contribution in [0.15, 0.2) is 78.4 Å². The lowest BCUT2D eigenvalue weighted by Gasteiger charge is -2.24. The number of methoxy groups -OCH3 is 1. The second kappa shape index (κ2) is 9.20. The monoisotopic (exact) mass is 443 g/mol. The van der Waals surface area contributed by atoms with Gasteiger partial charge in [0.1, 0.15) is 23.0 Å². The van der Waals surface area contributed by atoms with Gasteiger partial charge in [0.05, 0.1) is 18.7 Å². The molecule has 1 atom stereocenters. The van der Waals surface area contributed by atoms with E-state index in [1.165, 1.54) is 4.90 Å². The molecule has 1 aliphatic rings. The molecule has 168 valence electrons. The van der Waals surface area contributed by atoms with Crippen molar-refractivity contribution in [1.29, 1.82) is 0 Å². The highest BCUT2D eigenvalue weighted by molar-refractivity contribution is 6.46. The summed E-state index contributed by atoms with van der Waals surface area (Å²) in [5, 5.41) is 11.2. The van der Waals surface area contributed by atoms with E-state index >= 15 is 0 Å². The van der Waals surface area contributed by atoms with Crippen molar-refractivity contribution in [1.82, 2.24) is 4.90 Å². The first-order valence-electron chi connectivity index (χ1n) is 10.7. The molecule has 33 heavy (non-hydrogen) atoms. The van der Waals surface area contributed by atoms with Gasteiger partial charge in [0.2, 0.25) is 0 Å². The zero-order valence-corrected chi connectivity index (χ0v) is 18.7. The van der Waals surface area contributed by atoms with Crippen molar-refractivity contribution in [2.45, 2.75) is 19.9 Å². The van der Waals surface area contributed by atoms with Gasteiger partial charge in [-0.3, -0.25) is 9.59 Å². The largest absolute Gasteiger partial charge is 0.507 e. The van der Waals surface area contributed by atoms with Crippen LogP contribution in [0.25, 0.3) is 5.76 Å². The minimum absolute atomic E-state index is 0.0758. The first kappa shape index (κ1) is 22.1. The molecule has 1 amide bonds. The molecule has 0 aromatic heterocycles. The van der Waals surface area contributed by atoms with Crippen LogP contribution in [0.4, 0.5) is 0 Å². The Hall–Kier alpha value is -4.06. The van der Waals surface area contributed by atoms with Crippen LogP contribution in [0.2, 0.25) is 0 Å². The van der Waals surface area contributed by atoms with Crippen LogP contribution in [0.3, 0.4) is 0 Å². The van der Waals surface area contributed by atoms with Crippen LogP contribution in [-0.2, 0) is 9.59 Å². The number of benzene rings is 3. The molecule has 4 rings (SSSR count). The maximum absolute atomic E-state index is 13.0. The SMILES string of the molecule is CCN1C(=O)C(=O)C(=C(O)c2ccc(OC)cc2C)[C@H]1c1ccc(Oc2ccccc2)cc1. The Morgan fingerprint density at radius 3 is 2.18 bits per heavy atom. The van der Waals surface area contributed by atoms with Gasteiger partial charge in [-0.15, -0.1) is 0 Å². The van der Waals surface area contributed by atoms with Crippen molar-refractivity contribution >= 4 is 17.4 Å². The smallest absolute Gasteiger partial charge is 0.295 e. The fourth-order valence-corrected chi connectivity index (χ4v) is 4.07. The quantitative estimate of drug-likeness (QED) is 0.320. The molecular formula is C27H25NO5. The normalized spacial score (nSPS) is 17.3. The molecule has 1 saturated heterocycles. The van der Waals surface area contributed by atoms with Crippen molar-refractivity contribution in [3.8, 4) is 17.2 Å². The number of ether oxygens (including phenoxy) is 2. The molecule has 1 aliphatic heterocycles. The number of likely N-dealkylation sites (tertiary alicyclic amines) is 1. The summed E-state index contributed by atoms with van der Waals surface area (Å²) in [5.41, 5.74) is 2.01. The van der Waals surface area contributed by atoms with Crippen molar-refractivity contribution in [2.75, 3.05) is 13.7 Å². The van der Waals surface area contributed by atoms with E-state index in [0.29, 0.717) is 34.9 Å². The second-order valence-electron chi connectivity index (χ2n) is 7.75. The highest BCUT2D eigenvalue weighted by Gasteiger charge is 2.45. The van der Waals surface area contributed by atoms with Crippen molar-refractivity contribution in [3.05, 3.63) is 95.1 Å². The molecule has 1 N–H and O–H groups in total. The average molecular weight is 443 g/mol. The van der Waals surface area contributed by atoms with Gasteiger partial charge < -0.3 is 19.5 Å². The Bertz CT molecular complexity index is 1220. The molecule has 0 bridgehead atoms. The Kier molecular flexibility index (Phi) is 6.18. The standard InChI is InChI=1S/C27H25NO5/c1-4-28-24(18-10-12-20(13-11-18)33-19-8-6-5-7-9-19)23(26(30)27(28)31)25(29)22-15-14-21(32-3)16-17(22)2/h5-16,24,29H,4H2,1-3H3/t24-/m1/s1. The summed E-state index contributed by atoms with van der Waals surface area (Å²) in [4.78, 5) is 27.2. The van der Waals surface area contributed by atoms with E-state index in [1.54, 1.807) is 37.4 Å². The number of Topliss-reactive ketones (excluding diaryl/α,β-unsaturated/α-hetero) is 1. The number of carbonyl (C=O) groups is 2. The highest BCUT2D eigenvalue weighted by atomic mass is 16.5. The van der Waals surface area contributed by atoms with Crippen LogP contribution in [0.1, 0.15) is 29.7 Å². The number of amides is 1. The Morgan fingerprint density at radius 1 is 0.939 bits per heavy atom. The van der Waals surface area contributed by atoms with Gasteiger partial charge in [-0.2, -0.15) is 0 Å². The number of carbonyl (C=O) groups excluding carboxylic acids is 2. The minimum atomic E-state index is -0.695. The van der Waals surface area contributed by atoms with E-state index in [2.05, 4.69) is 0 Å². The maximum atomic E-state index is 13.0. The number of aliphatic hydroxyl groups is 1. The van der Waals surface area contributed by atoms with Crippen molar-refractivity contribution in [3.63, 3.8) is 0 Å². The topological polar surface area (TPSA) is 76.1 Å². The van der Waals surface area contributed by atoms with Gasteiger partial charge in [-0.1, -0.05) is 30.3 Å². The molecule has 0 saturated carbocycles. The molecule has 3 aromatic carbocycles. The number of rotatable bonds is 6. The fourth-order valence-electron chi connectivity index (χ4n) is 4.07. The summed E-state index contributed by atoms with van der Waals surface area (Å²) >= 11 is 0. The van der Waals surface area contributed by atoms with Crippen LogP contribution in [0.5, 0.6) is 17.2 Å². The maximum Gasteiger partial charge on any atom is 0.295 e. The first-order chi connectivity index (χ1) is 15.9. The van der Waals surface area contributed by atoms with Crippen molar-refractivity contribution < 1.29 is 24.2 Å². The van der Waals surface area contributed by atoms with E-state index in [1.807, 2.05) is 56.3 Å². The van der Waals surface area contributed by atoms with E-state index < -0.39 is 17.7 Å². The molecule has 3 aromatic rings. The summed E-state index contributed by atoms with van der Waals surface area (Å²) < 4.78 is 11.1. The zero-order valence-electron chi connectivity index (χ0n) is 18.7. The van der Waals surface area contributed by atoms with Gasteiger partial charge in [0.15, 0.2) is 0 Å². The average Bonchev–Trinajstić information content (AvgIpc) is 3.09. The molecule has 0 unspecified atom stereocenters. The number of likely N-dealkylation sites (N-methyl/N-ethyl adjacent to an activating group) is 1. The number of ketones is 1. The Labute approximate surface area is 192 Å². The number of aryl methyl sites for hydroxylation is 1. The molecule has 6 nitrogen and oxygen atoms in total. The van der Waals surface area contributed by atoms with E-state index in [0.717, 1.165) is 5.56 Å². The van der Waals surface area contributed by atoms with Gasteiger partial charge >= 0.3 is 0 Å². The van der Waals surface area contributed by atoms with Gasteiger partial charge in [0.25, 0.3) is 11.7 Å². The van der Waals surface area contributed by atoms with Crippen LogP contribution in [-0.4, -0.2) is 35.4 Å². The fraction of sp³-hybridized carbons (Fsp3) is 0.185. The Morgan fingerprint density at radius 2 is 1.58 bits per heavy atom. The predicted molar refractivity (Wildman–Crippen MR) is 125 cm³/mol. The van der Waals surface area contributed by atoms with E-state index in [9.17, 15) is 14.7 Å². The molecule has 0 radical (unpaired) electrons. The number of para-hydroxylation sites is 1. The highest BCUT2D eigenvalue weighted by Crippen LogP contribution is 2.40. The van der Waals surface area contributed by atoms with Crippen LogP contribution in [0, 0.1) is 6.92 Å². The lowest BCUT2D eigenvalue weighted by molar-refractivity contribution is -0.139. The number of aliphatic hydroxyl groups excluding tert-OH is 1. The molecule has 6 heteroatoms. The lowest BCUT2D eigenvalue weighted by atomic mass is 9.94. The third-order valence-corrected chi connectivity index (χ3v) is 5.74. The summed E-state index contributed by atoms with van der Waals surface area (Å²) in [6.07, 6.45) is 0. The Balaban J connectivity index is 1.75. The molecule has 0 spiro atoms. The number of hydrogen-bond acceptors (Lipinski definition) is 5. The second-order valence-corrected chi connectivity index (χ2v) is 7.75. The summed E-state index contributed by atoms with van der Waals surface area (Å²) in [6.45, 7) is 3.96. The number of hydrogen-bond donors (Lipinski definition) is 1. The molecule has 0 aliphatic carbocycles. The van der Waals surface area contributed by atoms with Gasteiger partial charge in [-0.25, -0.2) is 0 Å². The van der Waals surface area contributed by atoms with Gasteiger partial charge in [-0.05, 0) is 67.4 Å². The van der Waals surface area contributed by atoms with Crippen LogP contribution >= 0.6 is 0 Å². The van der Waals surface area contributed by atoms with E-state index in [-0.39, 0.29) is 11.3 Å². The molecule has 1 heterocycles. The first-order valence-corrected chi connectivity index (χ1v) is 10.7. The lowest BCUT2D eigenvalue weighted by Crippen LogP contribution is -2.29. The summed E-state index contributed by atoms with van der Waals surface area (Å²) in [5.74, 6) is 0.464.